The summed E-state index contributed by atoms with van der Waals surface area (Å²) in [6.45, 7) is 2.62. The first-order valence-corrected chi connectivity index (χ1v) is 5.23. The van der Waals surface area contributed by atoms with Gasteiger partial charge in [-0.15, -0.1) is 0 Å². The van der Waals surface area contributed by atoms with Crippen LogP contribution in [-0.2, 0) is 0 Å². The number of anilines is 2. The number of hydrogen-bond acceptors (Lipinski definition) is 3. The van der Waals surface area contributed by atoms with Gasteiger partial charge in [0.2, 0.25) is 0 Å². The number of rotatable bonds is 1. The highest BCUT2D eigenvalue weighted by Crippen LogP contribution is 2.28. The first kappa shape index (κ1) is 9.15. The molecule has 4 nitrogen and oxygen atoms in total. The Labute approximate surface area is 93.6 Å². The summed E-state index contributed by atoms with van der Waals surface area (Å²) in [5.41, 5.74) is 3.35. The number of nitrogens with zero attached hydrogens (tertiary/aromatic N) is 3. The standard InChI is InChI=1S/C12H12N4/c1-9-6-12(15-14-9)16-8-13-7-10-4-2-3-5-11(10)16/h2-7H,8H2,1H3,(H,14,15). The Morgan fingerprint density at radius 2 is 2.19 bits per heavy atom. The number of aryl methyl sites for hydroxylation is 1. The molecule has 0 saturated carbocycles. The van der Waals surface area contributed by atoms with Crippen molar-refractivity contribution in [3.8, 4) is 0 Å². The first-order valence-electron chi connectivity index (χ1n) is 5.23. The summed E-state index contributed by atoms with van der Waals surface area (Å²) in [5, 5.41) is 7.22. The topological polar surface area (TPSA) is 44.3 Å². The highest BCUT2D eigenvalue weighted by atomic mass is 15.3. The van der Waals surface area contributed by atoms with Crippen LogP contribution in [0.5, 0.6) is 0 Å². The number of hydrogen-bond donors (Lipinski definition) is 1. The van der Waals surface area contributed by atoms with E-state index in [1.807, 2.05) is 31.3 Å². The van der Waals surface area contributed by atoms with Gasteiger partial charge in [-0.25, -0.2) is 0 Å². The van der Waals surface area contributed by atoms with Crippen molar-refractivity contribution in [3.05, 3.63) is 41.6 Å². The Morgan fingerprint density at radius 1 is 1.31 bits per heavy atom. The van der Waals surface area contributed by atoms with Crippen LogP contribution < -0.4 is 4.90 Å². The Hall–Kier alpha value is -2.10. The van der Waals surface area contributed by atoms with Gasteiger partial charge in [0.05, 0.1) is 5.69 Å². The van der Waals surface area contributed by atoms with Crippen LogP contribution in [0.1, 0.15) is 11.3 Å². The summed E-state index contributed by atoms with van der Waals surface area (Å²) in [7, 11) is 0. The van der Waals surface area contributed by atoms with E-state index in [1.54, 1.807) is 0 Å². The summed E-state index contributed by atoms with van der Waals surface area (Å²) in [5.74, 6) is 0.918. The Balaban J connectivity index is 2.08. The van der Waals surface area contributed by atoms with Gasteiger partial charge in [0, 0.05) is 23.5 Å². The molecule has 1 aliphatic heterocycles. The van der Waals surface area contributed by atoms with Crippen LogP contribution in [0.4, 0.5) is 11.5 Å². The first-order chi connectivity index (χ1) is 7.84. The summed E-state index contributed by atoms with van der Waals surface area (Å²) in [6.07, 6.45) is 1.91. The van der Waals surface area contributed by atoms with E-state index in [0.29, 0.717) is 6.67 Å². The summed E-state index contributed by atoms with van der Waals surface area (Å²) >= 11 is 0. The SMILES string of the molecule is Cc1cc(N2CN=Cc3ccccc32)n[nH]1. The largest absolute Gasteiger partial charge is 0.304 e. The molecule has 4 heteroatoms. The van der Waals surface area contributed by atoms with Crippen LogP contribution in [0.3, 0.4) is 0 Å². The normalized spacial score (nSPS) is 13.9. The number of fused-ring (bicyclic) bond motifs is 1. The monoisotopic (exact) mass is 212 g/mol. The molecule has 1 aromatic carbocycles. The molecular weight excluding hydrogens is 200 g/mol. The van der Waals surface area contributed by atoms with Gasteiger partial charge in [-0.3, -0.25) is 10.1 Å². The molecule has 0 unspecified atom stereocenters. The minimum absolute atomic E-state index is 0.626. The molecule has 0 amide bonds. The second-order valence-electron chi connectivity index (χ2n) is 3.85. The zero-order valence-corrected chi connectivity index (χ0v) is 9.01. The van der Waals surface area contributed by atoms with E-state index in [9.17, 15) is 0 Å². The maximum Gasteiger partial charge on any atom is 0.156 e. The molecule has 2 aromatic rings. The van der Waals surface area contributed by atoms with Gasteiger partial charge in [0.15, 0.2) is 5.82 Å². The third kappa shape index (κ3) is 1.39. The van der Waals surface area contributed by atoms with E-state index >= 15 is 0 Å². The van der Waals surface area contributed by atoms with E-state index in [1.165, 1.54) is 0 Å². The van der Waals surface area contributed by atoms with Gasteiger partial charge < -0.3 is 4.90 Å². The molecule has 2 heterocycles. The predicted octanol–water partition coefficient (Wildman–Crippen LogP) is 2.25. The van der Waals surface area contributed by atoms with Crippen LogP contribution >= 0.6 is 0 Å². The lowest BCUT2D eigenvalue weighted by Gasteiger charge is -2.24. The summed E-state index contributed by atoms with van der Waals surface area (Å²) < 4.78 is 0. The van der Waals surface area contributed by atoms with E-state index in [2.05, 4.69) is 32.2 Å². The number of aromatic amines is 1. The number of aliphatic imine (C=N–C) groups is 1. The maximum atomic E-state index is 4.33. The molecule has 0 aliphatic carbocycles. The van der Waals surface area contributed by atoms with Gasteiger partial charge in [0.25, 0.3) is 0 Å². The van der Waals surface area contributed by atoms with Gasteiger partial charge in [0.1, 0.15) is 6.67 Å². The van der Waals surface area contributed by atoms with Gasteiger partial charge in [-0.1, -0.05) is 18.2 Å². The Morgan fingerprint density at radius 3 is 3.00 bits per heavy atom. The molecule has 16 heavy (non-hydrogen) atoms. The van der Waals surface area contributed by atoms with Crippen LogP contribution in [0.25, 0.3) is 0 Å². The fourth-order valence-corrected chi connectivity index (χ4v) is 1.88. The second-order valence-corrected chi connectivity index (χ2v) is 3.85. The third-order valence-electron chi connectivity index (χ3n) is 2.65. The number of H-pyrrole nitrogens is 1. The third-order valence-corrected chi connectivity index (χ3v) is 2.65. The Kier molecular flexibility index (Phi) is 1.99. The minimum Gasteiger partial charge on any atom is -0.304 e. The number of aromatic nitrogens is 2. The molecular formula is C12H12N4. The smallest absolute Gasteiger partial charge is 0.156 e. The van der Waals surface area contributed by atoms with E-state index < -0.39 is 0 Å². The number of benzene rings is 1. The lowest BCUT2D eigenvalue weighted by atomic mass is 10.1. The molecule has 1 aliphatic rings. The molecule has 0 radical (unpaired) electrons. The van der Waals surface area contributed by atoms with Crippen LogP contribution in [-0.4, -0.2) is 23.1 Å². The number of nitrogens with one attached hydrogen (secondary N) is 1. The van der Waals surface area contributed by atoms with Crippen LogP contribution in [0.2, 0.25) is 0 Å². The quantitative estimate of drug-likeness (QED) is 0.787. The lowest BCUT2D eigenvalue weighted by molar-refractivity contribution is 0.927. The highest BCUT2D eigenvalue weighted by Gasteiger charge is 2.16. The zero-order valence-electron chi connectivity index (χ0n) is 9.01. The second kappa shape index (κ2) is 3.48. The zero-order chi connectivity index (χ0) is 11.0. The van der Waals surface area contributed by atoms with Gasteiger partial charge in [-0.05, 0) is 13.0 Å². The van der Waals surface area contributed by atoms with Gasteiger partial charge in [-0.2, -0.15) is 5.10 Å². The van der Waals surface area contributed by atoms with E-state index in [0.717, 1.165) is 22.8 Å². The molecule has 1 N–H and O–H groups in total. The predicted molar refractivity (Wildman–Crippen MR) is 64.4 cm³/mol. The molecule has 0 atom stereocenters. The van der Waals surface area contributed by atoms with Crippen molar-refractivity contribution >= 4 is 17.7 Å². The average molecular weight is 212 g/mol. The van der Waals surface area contributed by atoms with Crippen molar-refractivity contribution in [1.29, 1.82) is 0 Å². The average Bonchev–Trinajstić information content (AvgIpc) is 2.75. The molecule has 0 bridgehead atoms. The van der Waals surface area contributed by atoms with Crippen molar-refractivity contribution in [1.82, 2.24) is 10.2 Å². The van der Waals surface area contributed by atoms with Crippen molar-refractivity contribution in [2.45, 2.75) is 6.92 Å². The van der Waals surface area contributed by atoms with Crippen LogP contribution in [0, 0.1) is 6.92 Å². The van der Waals surface area contributed by atoms with Crippen molar-refractivity contribution < 1.29 is 0 Å². The Bertz CT molecular complexity index is 541. The maximum absolute atomic E-state index is 4.33. The number of para-hydroxylation sites is 1. The molecule has 0 fully saturated rings. The molecule has 1 aromatic heterocycles. The summed E-state index contributed by atoms with van der Waals surface area (Å²) in [6, 6.07) is 10.2. The van der Waals surface area contributed by atoms with Crippen LogP contribution in [0.15, 0.2) is 35.3 Å². The molecule has 0 saturated heterocycles. The van der Waals surface area contributed by atoms with Crippen molar-refractivity contribution in [3.63, 3.8) is 0 Å². The molecule has 80 valence electrons. The fraction of sp³-hybridized carbons (Fsp3) is 0.167. The highest BCUT2D eigenvalue weighted by molar-refractivity contribution is 5.91. The molecule has 3 rings (SSSR count). The molecule has 0 spiro atoms. The van der Waals surface area contributed by atoms with Crippen molar-refractivity contribution in [2.75, 3.05) is 11.6 Å². The van der Waals surface area contributed by atoms with E-state index in [4.69, 9.17) is 0 Å². The minimum atomic E-state index is 0.626. The van der Waals surface area contributed by atoms with E-state index in [-0.39, 0.29) is 0 Å². The lowest BCUT2D eigenvalue weighted by Crippen LogP contribution is -2.22. The summed E-state index contributed by atoms with van der Waals surface area (Å²) in [4.78, 5) is 6.43. The fourth-order valence-electron chi connectivity index (χ4n) is 1.88. The van der Waals surface area contributed by atoms with Crippen molar-refractivity contribution in [2.24, 2.45) is 4.99 Å². The van der Waals surface area contributed by atoms with Gasteiger partial charge >= 0.3 is 0 Å².